The molecule has 0 N–H and O–H groups in total. The number of benzene rings is 1. The van der Waals surface area contributed by atoms with E-state index in [-0.39, 0.29) is 5.69 Å². The Kier molecular flexibility index (Phi) is 3.04. The van der Waals surface area contributed by atoms with Crippen molar-refractivity contribution in [2.75, 3.05) is 11.9 Å². The lowest BCUT2D eigenvalue weighted by Gasteiger charge is -2.17. The van der Waals surface area contributed by atoms with Crippen LogP contribution >= 0.6 is 0 Å². The third-order valence-electron chi connectivity index (χ3n) is 3.78. The molecule has 0 unspecified atom stereocenters. The lowest BCUT2D eigenvalue weighted by Crippen LogP contribution is -2.29. The molecule has 1 saturated carbocycles. The summed E-state index contributed by atoms with van der Waals surface area (Å²) in [5.74, 6) is 0.514. The van der Waals surface area contributed by atoms with Crippen molar-refractivity contribution >= 4 is 5.95 Å². The summed E-state index contributed by atoms with van der Waals surface area (Å²) in [6, 6.07) is 6.44. The van der Waals surface area contributed by atoms with Crippen molar-refractivity contribution in [3.05, 3.63) is 46.1 Å². The topological polar surface area (TPSA) is 51.0 Å². The van der Waals surface area contributed by atoms with Gasteiger partial charge in [0.05, 0.1) is 5.69 Å². The zero-order valence-corrected chi connectivity index (χ0v) is 12.0. The maximum absolute atomic E-state index is 12.3. The van der Waals surface area contributed by atoms with Gasteiger partial charge in [0.25, 0.3) is 0 Å². The van der Waals surface area contributed by atoms with Crippen LogP contribution in [-0.4, -0.2) is 27.6 Å². The van der Waals surface area contributed by atoms with Gasteiger partial charge in [0.15, 0.2) is 0 Å². The molecular formula is C15H18N4O. The van der Waals surface area contributed by atoms with Gasteiger partial charge < -0.3 is 4.90 Å². The molecule has 1 heterocycles. The molecule has 1 aromatic carbocycles. The summed E-state index contributed by atoms with van der Waals surface area (Å²) in [4.78, 5) is 22.7. The van der Waals surface area contributed by atoms with Gasteiger partial charge in [0, 0.05) is 13.1 Å². The van der Waals surface area contributed by atoms with E-state index in [0.29, 0.717) is 12.0 Å². The summed E-state index contributed by atoms with van der Waals surface area (Å²) in [5.41, 5.74) is 2.68. The third-order valence-corrected chi connectivity index (χ3v) is 3.78. The Morgan fingerprint density at radius 2 is 1.90 bits per heavy atom. The molecule has 0 amide bonds. The van der Waals surface area contributed by atoms with Crippen molar-refractivity contribution in [1.29, 1.82) is 0 Å². The normalized spacial score (nSPS) is 14.3. The van der Waals surface area contributed by atoms with Crippen molar-refractivity contribution < 1.29 is 0 Å². The molecule has 0 bridgehead atoms. The molecule has 0 atom stereocenters. The van der Waals surface area contributed by atoms with Crippen LogP contribution in [0.5, 0.6) is 0 Å². The Bertz CT molecular complexity index is 683. The van der Waals surface area contributed by atoms with Crippen molar-refractivity contribution in [3.63, 3.8) is 0 Å². The monoisotopic (exact) mass is 270 g/mol. The molecule has 5 heteroatoms. The minimum Gasteiger partial charge on any atom is -0.341 e. The summed E-state index contributed by atoms with van der Waals surface area (Å²) in [7, 11) is 1.94. The molecule has 0 saturated heterocycles. The quantitative estimate of drug-likeness (QED) is 0.854. The predicted molar refractivity (Wildman–Crippen MR) is 78.5 cm³/mol. The summed E-state index contributed by atoms with van der Waals surface area (Å²) in [6.07, 6.45) is 3.89. The van der Waals surface area contributed by atoms with Crippen LogP contribution in [0.4, 0.5) is 5.95 Å². The van der Waals surface area contributed by atoms with Gasteiger partial charge in [0.1, 0.15) is 6.33 Å². The van der Waals surface area contributed by atoms with Gasteiger partial charge in [-0.15, -0.1) is 0 Å². The van der Waals surface area contributed by atoms with Crippen LogP contribution in [0.25, 0.3) is 5.69 Å². The van der Waals surface area contributed by atoms with Gasteiger partial charge in [-0.1, -0.05) is 18.2 Å². The van der Waals surface area contributed by atoms with Crippen LogP contribution in [0.2, 0.25) is 0 Å². The maximum atomic E-state index is 12.3. The Hall–Kier alpha value is -2.17. The first-order valence-corrected chi connectivity index (χ1v) is 6.83. The van der Waals surface area contributed by atoms with E-state index in [9.17, 15) is 4.79 Å². The SMILES string of the molecule is Cc1cccc(C)c1-n1cnc(N(C)C2CC2)nc1=O. The van der Waals surface area contributed by atoms with Crippen LogP contribution in [0.3, 0.4) is 0 Å². The van der Waals surface area contributed by atoms with Gasteiger partial charge >= 0.3 is 5.69 Å². The molecule has 0 radical (unpaired) electrons. The summed E-state index contributed by atoms with van der Waals surface area (Å²) < 4.78 is 1.52. The average Bonchev–Trinajstić information content (AvgIpc) is 3.23. The molecule has 20 heavy (non-hydrogen) atoms. The minimum absolute atomic E-state index is 0.278. The van der Waals surface area contributed by atoms with E-state index in [2.05, 4.69) is 9.97 Å². The van der Waals surface area contributed by atoms with E-state index < -0.39 is 0 Å². The Labute approximate surface area is 117 Å². The van der Waals surface area contributed by atoms with Crippen LogP contribution in [0.1, 0.15) is 24.0 Å². The van der Waals surface area contributed by atoms with Crippen LogP contribution < -0.4 is 10.6 Å². The standard InChI is InChI=1S/C15H18N4O/c1-10-5-4-6-11(2)13(10)19-9-16-14(17-15(19)20)18(3)12-7-8-12/h4-6,9,12H,7-8H2,1-3H3. The van der Waals surface area contributed by atoms with Gasteiger partial charge in [-0.3, -0.25) is 4.57 Å². The highest BCUT2D eigenvalue weighted by atomic mass is 16.1. The first kappa shape index (κ1) is 12.8. The lowest BCUT2D eigenvalue weighted by atomic mass is 10.1. The van der Waals surface area contributed by atoms with E-state index in [4.69, 9.17) is 0 Å². The van der Waals surface area contributed by atoms with Crippen molar-refractivity contribution in [3.8, 4) is 5.69 Å². The fourth-order valence-corrected chi connectivity index (χ4v) is 2.46. The van der Waals surface area contributed by atoms with E-state index in [1.54, 1.807) is 6.33 Å². The highest BCUT2D eigenvalue weighted by Gasteiger charge is 2.28. The largest absolute Gasteiger partial charge is 0.356 e. The maximum Gasteiger partial charge on any atom is 0.356 e. The van der Waals surface area contributed by atoms with Gasteiger partial charge in [0.2, 0.25) is 5.95 Å². The van der Waals surface area contributed by atoms with Crippen molar-refractivity contribution in [2.45, 2.75) is 32.7 Å². The van der Waals surface area contributed by atoms with Gasteiger partial charge in [-0.05, 0) is 37.8 Å². The number of hydrogen-bond donors (Lipinski definition) is 0. The summed E-state index contributed by atoms with van der Waals surface area (Å²) in [5, 5.41) is 0. The summed E-state index contributed by atoms with van der Waals surface area (Å²) >= 11 is 0. The smallest absolute Gasteiger partial charge is 0.341 e. The molecule has 0 aliphatic heterocycles. The Morgan fingerprint density at radius 1 is 1.25 bits per heavy atom. The molecule has 1 aliphatic carbocycles. The summed E-state index contributed by atoms with van der Waals surface area (Å²) in [6.45, 7) is 3.97. The number of hydrogen-bond acceptors (Lipinski definition) is 4. The second-order valence-electron chi connectivity index (χ2n) is 5.39. The molecule has 2 aromatic rings. The van der Waals surface area contributed by atoms with Crippen LogP contribution in [-0.2, 0) is 0 Å². The first-order valence-electron chi connectivity index (χ1n) is 6.83. The highest BCUT2D eigenvalue weighted by molar-refractivity contribution is 5.47. The third kappa shape index (κ3) is 2.19. The fourth-order valence-electron chi connectivity index (χ4n) is 2.46. The van der Waals surface area contributed by atoms with Crippen molar-refractivity contribution in [2.24, 2.45) is 0 Å². The van der Waals surface area contributed by atoms with Gasteiger partial charge in [-0.2, -0.15) is 4.98 Å². The van der Waals surface area contributed by atoms with E-state index in [0.717, 1.165) is 29.7 Å². The second-order valence-corrected chi connectivity index (χ2v) is 5.39. The Morgan fingerprint density at radius 3 is 2.45 bits per heavy atom. The number of nitrogens with zero attached hydrogens (tertiary/aromatic N) is 4. The van der Waals surface area contributed by atoms with Crippen LogP contribution in [0, 0.1) is 13.8 Å². The predicted octanol–water partition coefficient (Wildman–Crippen LogP) is 1.84. The number of aromatic nitrogens is 3. The Balaban J connectivity index is 2.05. The van der Waals surface area contributed by atoms with E-state index in [1.807, 2.05) is 44.0 Å². The molecule has 1 fully saturated rings. The average molecular weight is 270 g/mol. The number of rotatable bonds is 3. The molecule has 1 aliphatic rings. The van der Waals surface area contributed by atoms with Gasteiger partial charge in [-0.25, -0.2) is 9.78 Å². The highest BCUT2D eigenvalue weighted by Crippen LogP contribution is 2.27. The zero-order valence-electron chi connectivity index (χ0n) is 12.0. The first-order chi connectivity index (χ1) is 9.58. The molecule has 5 nitrogen and oxygen atoms in total. The molecule has 3 rings (SSSR count). The molecule has 0 spiro atoms. The van der Waals surface area contributed by atoms with Crippen LogP contribution in [0.15, 0.2) is 29.3 Å². The lowest BCUT2D eigenvalue weighted by molar-refractivity contribution is 0.791. The number of anilines is 1. The minimum atomic E-state index is -0.278. The number of aryl methyl sites for hydroxylation is 2. The fraction of sp³-hybridized carbons (Fsp3) is 0.400. The van der Waals surface area contributed by atoms with E-state index in [1.165, 1.54) is 4.57 Å². The zero-order chi connectivity index (χ0) is 14.3. The second kappa shape index (κ2) is 4.74. The number of para-hydroxylation sites is 1. The van der Waals surface area contributed by atoms with Crippen molar-refractivity contribution in [1.82, 2.24) is 14.5 Å². The molecule has 1 aromatic heterocycles. The van der Waals surface area contributed by atoms with E-state index >= 15 is 0 Å². The molecule has 104 valence electrons. The molecular weight excluding hydrogens is 252 g/mol.